The largest absolute Gasteiger partial charge is 0.397 e. The molecule has 0 heterocycles. The Bertz CT molecular complexity index is 416. The molecule has 3 nitrogen and oxygen atoms in total. The second kappa shape index (κ2) is 4.44. The van der Waals surface area contributed by atoms with Crippen LogP contribution in [-0.2, 0) is 0 Å². The fraction of sp³-hybridized carbons (Fsp3) is 0.462. The van der Waals surface area contributed by atoms with Gasteiger partial charge in [-0.3, -0.25) is 0 Å². The number of nitrogens with two attached hydrogens (primary N) is 1. The van der Waals surface area contributed by atoms with Crippen LogP contribution in [0.3, 0.4) is 0 Å². The predicted octanol–water partition coefficient (Wildman–Crippen LogP) is 2.60. The van der Waals surface area contributed by atoms with Crippen molar-refractivity contribution in [2.75, 3.05) is 17.6 Å². The van der Waals surface area contributed by atoms with Crippen LogP contribution in [0, 0.1) is 23.2 Å². The highest BCUT2D eigenvalue weighted by atomic mass is 14.9. The van der Waals surface area contributed by atoms with Crippen molar-refractivity contribution < 1.29 is 0 Å². The first-order valence-corrected chi connectivity index (χ1v) is 5.74. The molecule has 1 aliphatic rings. The van der Waals surface area contributed by atoms with Crippen LogP contribution in [0.1, 0.15) is 25.3 Å². The Morgan fingerprint density at radius 2 is 2.31 bits per heavy atom. The highest BCUT2D eigenvalue weighted by Gasteiger charge is 2.27. The lowest BCUT2D eigenvalue weighted by atomic mass is 10.1. The summed E-state index contributed by atoms with van der Waals surface area (Å²) >= 11 is 0. The van der Waals surface area contributed by atoms with E-state index in [4.69, 9.17) is 11.0 Å². The zero-order valence-electron chi connectivity index (χ0n) is 9.53. The van der Waals surface area contributed by atoms with Crippen molar-refractivity contribution in [3.05, 3.63) is 23.8 Å². The van der Waals surface area contributed by atoms with E-state index in [1.165, 1.54) is 12.8 Å². The Labute approximate surface area is 96.3 Å². The SMILES string of the molecule is CC(CNc1cc(C#N)ccc1N)C1CC1. The minimum Gasteiger partial charge on any atom is -0.397 e. The summed E-state index contributed by atoms with van der Waals surface area (Å²) in [7, 11) is 0. The van der Waals surface area contributed by atoms with Crippen molar-refractivity contribution in [1.82, 2.24) is 0 Å². The van der Waals surface area contributed by atoms with Crippen LogP contribution >= 0.6 is 0 Å². The molecule has 1 aliphatic carbocycles. The minimum absolute atomic E-state index is 0.649. The van der Waals surface area contributed by atoms with Gasteiger partial charge in [-0.2, -0.15) is 5.26 Å². The number of nitrogens with zero attached hydrogens (tertiary/aromatic N) is 1. The second-order valence-corrected chi connectivity index (χ2v) is 4.61. The summed E-state index contributed by atoms with van der Waals surface area (Å²) in [6, 6.07) is 7.46. The molecule has 1 atom stereocenters. The van der Waals surface area contributed by atoms with Crippen molar-refractivity contribution in [2.24, 2.45) is 11.8 Å². The molecular formula is C13H17N3. The first-order valence-electron chi connectivity index (χ1n) is 5.74. The third kappa shape index (κ3) is 2.46. The third-order valence-corrected chi connectivity index (χ3v) is 3.22. The summed E-state index contributed by atoms with van der Waals surface area (Å²) < 4.78 is 0. The number of nitriles is 1. The molecule has 1 unspecified atom stereocenters. The molecule has 3 heteroatoms. The van der Waals surface area contributed by atoms with E-state index in [1.807, 2.05) is 6.07 Å². The molecule has 1 saturated carbocycles. The van der Waals surface area contributed by atoms with E-state index in [-0.39, 0.29) is 0 Å². The molecule has 0 spiro atoms. The van der Waals surface area contributed by atoms with Crippen molar-refractivity contribution in [2.45, 2.75) is 19.8 Å². The van der Waals surface area contributed by atoms with Crippen LogP contribution in [-0.4, -0.2) is 6.54 Å². The maximum absolute atomic E-state index is 8.81. The normalized spacial score (nSPS) is 16.5. The second-order valence-electron chi connectivity index (χ2n) is 4.61. The maximum Gasteiger partial charge on any atom is 0.0992 e. The summed E-state index contributed by atoms with van der Waals surface area (Å²) in [5, 5.41) is 12.1. The van der Waals surface area contributed by atoms with E-state index in [2.05, 4.69) is 18.3 Å². The first-order chi connectivity index (χ1) is 7.70. The van der Waals surface area contributed by atoms with Gasteiger partial charge in [0.05, 0.1) is 23.0 Å². The van der Waals surface area contributed by atoms with Gasteiger partial charge in [0.25, 0.3) is 0 Å². The molecular weight excluding hydrogens is 198 g/mol. The molecule has 0 bridgehead atoms. The summed E-state index contributed by atoms with van der Waals surface area (Å²) in [6.45, 7) is 3.19. The Hall–Kier alpha value is -1.69. The molecule has 0 radical (unpaired) electrons. The zero-order chi connectivity index (χ0) is 11.5. The van der Waals surface area contributed by atoms with Gasteiger partial charge in [0.1, 0.15) is 0 Å². The molecule has 2 rings (SSSR count). The number of nitrogen functional groups attached to an aromatic ring is 1. The summed E-state index contributed by atoms with van der Waals surface area (Å²) in [5.74, 6) is 1.57. The van der Waals surface area contributed by atoms with E-state index < -0.39 is 0 Å². The Morgan fingerprint density at radius 3 is 2.94 bits per heavy atom. The standard InChI is InChI=1S/C13H17N3/c1-9(11-3-4-11)8-16-13-6-10(7-14)2-5-12(13)15/h2,5-6,9,11,16H,3-4,8,15H2,1H3. The molecule has 1 aromatic rings. The van der Waals surface area contributed by atoms with Crippen molar-refractivity contribution >= 4 is 11.4 Å². The summed E-state index contributed by atoms with van der Waals surface area (Å²) in [6.07, 6.45) is 2.72. The molecule has 3 N–H and O–H groups in total. The van der Waals surface area contributed by atoms with E-state index in [0.717, 1.165) is 18.2 Å². The molecule has 1 fully saturated rings. The van der Waals surface area contributed by atoms with Crippen LogP contribution < -0.4 is 11.1 Å². The lowest BCUT2D eigenvalue weighted by molar-refractivity contribution is 0.537. The van der Waals surface area contributed by atoms with Gasteiger partial charge in [0.15, 0.2) is 0 Å². The highest BCUT2D eigenvalue weighted by Crippen LogP contribution is 2.36. The highest BCUT2D eigenvalue weighted by molar-refractivity contribution is 5.68. The zero-order valence-corrected chi connectivity index (χ0v) is 9.53. The molecule has 1 aromatic carbocycles. The number of rotatable bonds is 4. The number of anilines is 2. The molecule has 0 saturated heterocycles. The van der Waals surface area contributed by atoms with Crippen molar-refractivity contribution in [3.8, 4) is 6.07 Å². The molecule has 84 valence electrons. The Balaban J connectivity index is 1.99. The van der Waals surface area contributed by atoms with Gasteiger partial charge < -0.3 is 11.1 Å². The lowest BCUT2D eigenvalue weighted by Crippen LogP contribution is -2.13. The van der Waals surface area contributed by atoms with Gasteiger partial charge in [-0.1, -0.05) is 6.92 Å². The van der Waals surface area contributed by atoms with Gasteiger partial charge in [-0.05, 0) is 42.9 Å². The van der Waals surface area contributed by atoms with Crippen LogP contribution in [0.2, 0.25) is 0 Å². The minimum atomic E-state index is 0.649. The fourth-order valence-electron chi connectivity index (χ4n) is 1.88. The first kappa shape index (κ1) is 10.8. The van der Waals surface area contributed by atoms with E-state index >= 15 is 0 Å². The van der Waals surface area contributed by atoms with Crippen LogP contribution in [0.4, 0.5) is 11.4 Å². The molecule has 0 amide bonds. The van der Waals surface area contributed by atoms with E-state index in [1.54, 1.807) is 12.1 Å². The third-order valence-electron chi connectivity index (χ3n) is 3.22. The molecule has 0 aromatic heterocycles. The topological polar surface area (TPSA) is 61.8 Å². The van der Waals surface area contributed by atoms with Crippen LogP contribution in [0.25, 0.3) is 0 Å². The molecule has 16 heavy (non-hydrogen) atoms. The maximum atomic E-state index is 8.81. The average Bonchev–Trinajstić information content (AvgIpc) is 3.11. The monoisotopic (exact) mass is 215 g/mol. The van der Waals surface area contributed by atoms with Gasteiger partial charge in [-0.15, -0.1) is 0 Å². The predicted molar refractivity (Wildman–Crippen MR) is 65.9 cm³/mol. The average molecular weight is 215 g/mol. The molecule has 0 aliphatic heterocycles. The van der Waals surface area contributed by atoms with Gasteiger partial charge in [0, 0.05) is 6.54 Å². The number of nitrogens with one attached hydrogen (secondary N) is 1. The van der Waals surface area contributed by atoms with E-state index in [9.17, 15) is 0 Å². The van der Waals surface area contributed by atoms with Crippen LogP contribution in [0.5, 0.6) is 0 Å². The number of benzene rings is 1. The van der Waals surface area contributed by atoms with Gasteiger partial charge in [-0.25, -0.2) is 0 Å². The van der Waals surface area contributed by atoms with Gasteiger partial charge in [0.2, 0.25) is 0 Å². The number of hydrogen-bond acceptors (Lipinski definition) is 3. The Morgan fingerprint density at radius 1 is 1.56 bits per heavy atom. The van der Waals surface area contributed by atoms with Gasteiger partial charge >= 0.3 is 0 Å². The number of hydrogen-bond donors (Lipinski definition) is 2. The Kier molecular flexibility index (Phi) is 3.00. The fourth-order valence-corrected chi connectivity index (χ4v) is 1.88. The van der Waals surface area contributed by atoms with Crippen molar-refractivity contribution in [1.29, 1.82) is 5.26 Å². The summed E-state index contributed by atoms with van der Waals surface area (Å²) in [5.41, 5.74) is 8.09. The lowest BCUT2D eigenvalue weighted by Gasteiger charge is -2.14. The quantitative estimate of drug-likeness (QED) is 0.759. The summed E-state index contributed by atoms with van der Waals surface area (Å²) in [4.78, 5) is 0. The van der Waals surface area contributed by atoms with E-state index in [0.29, 0.717) is 17.2 Å². The van der Waals surface area contributed by atoms with Crippen molar-refractivity contribution in [3.63, 3.8) is 0 Å². The smallest absolute Gasteiger partial charge is 0.0992 e. The van der Waals surface area contributed by atoms with Crippen LogP contribution in [0.15, 0.2) is 18.2 Å².